The van der Waals surface area contributed by atoms with Crippen molar-refractivity contribution in [3.05, 3.63) is 46.2 Å². The van der Waals surface area contributed by atoms with Crippen molar-refractivity contribution in [2.24, 2.45) is 0 Å². The lowest BCUT2D eigenvalue weighted by molar-refractivity contribution is -0.129. The maximum atomic E-state index is 12.4. The van der Waals surface area contributed by atoms with Crippen LogP contribution in [-0.4, -0.2) is 24.0 Å². The number of carbonyl (C=O) groups excluding carboxylic acids is 2. The summed E-state index contributed by atoms with van der Waals surface area (Å²) in [4.78, 5) is 24.8. The summed E-state index contributed by atoms with van der Waals surface area (Å²) < 4.78 is 5.33. The van der Waals surface area contributed by atoms with Gasteiger partial charge in [-0.2, -0.15) is 0 Å². The van der Waals surface area contributed by atoms with Crippen LogP contribution in [0.15, 0.2) is 35.7 Å². The Morgan fingerprint density at radius 1 is 1.22 bits per heavy atom. The molecule has 23 heavy (non-hydrogen) atoms. The third-order valence-electron chi connectivity index (χ3n) is 3.79. The van der Waals surface area contributed by atoms with Gasteiger partial charge in [-0.3, -0.25) is 4.79 Å². The predicted molar refractivity (Wildman–Crippen MR) is 90.5 cm³/mol. The van der Waals surface area contributed by atoms with E-state index in [-0.39, 0.29) is 11.9 Å². The fourth-order valence-electron chi connectivity index (χ4n) is 2.24. The Kier molecular flexibility index (Phi) is 4.48. The van der Waals surface area contributed by atoms with Gasteiger partial charge in [-0.15, -0.1) is 11.3 Å². The molecule has 0 radical (unpaired) electrons. The maximum Gasteiger partial charge on any atom is 0.349 e. The molecule has 1 aromatic heterocycles. The van der Waals surface area contributed by atoms with Crippen LogP contribution in [-0.2, 0) is 9.53 Å². The second-order valence-electron chi connectivity index (χ2n) is 5.86. The molecule has 1 aliphatic carbocycles. The zero-order valence-electron chi connectivity index (χ0n) is 13.2. The molecular weight excluding hydrogens is 310 g/mol. The number of hydrogen-bond acceptors (Lipinski definition) is 4. The van der Waals surface area contributed by atoms with E-state index in [1.807, 2.05) is 42.6 Å². The summed E-state index contributed by atoms with van der Waals surface area (Å²) in [6.45, 7) is 3.63. The van der Waals surface area contributed by atoms with Gasteiger partial charge in [0.15, 0.2) is 6.10 Å². The largest absolute Gasteiger partial charge is 0.448 e. The van der Waals surface area contributed by atoms with Crippen LogP contribution in [0.1, 0.15) is 35.0 Å². The van der Waals surface area contributed by atoms with Gasteiger partial charge in [0, 0.05) is 11.6 Å². The topological polar surface area (TPSA) is 55.4 Å². The van der Waals surface area contributed by atoms with E-state index in [0.29, 0.717) is 4.88 Å². The number of hydrogen-bond donors (Lipinski definition) is 1. The maximum absolute atomic E-state index is 12.4. The first-order valence-electron chi connectivity index (χ1n) is 7.70. The predicted octanol–water partition coefficient (Wildman–Crippen LogP) is 3.55. The fraction of sp³-hybridized carbons (Fsp3) is 0.333. The number of carbonyl (C=O) groups is 2. The molecule has 1 N–H and O–H groups in total. The molecule has 1 heterocycles. The molecule has 1 aromatic carbocycles. The highest BCUT2D eigenvalue weighted by Crippen LogP contribution is 2.29. The van der Waals surface area contributed by atoms with Crippen molar-refractivity contribution in [1.29, 1.82) is 0 Å². The molecule has 0 aliphatic heterocycles. The van der Waals surface area contributed by atoms with E-state index in [2.05, 4.69) is 5.32 Å². The van der Waals surface area contributed by atoms with Crippen LogP contribution in [0.25, 0.3) is 11.1 Å². The second kappa shape index (κ2) is 6.54. The van der Waals surface area contributed by atoms with Gasteiger partial charge in [-0.25, -0.2) is 4.79 Å². The number of nitrogens with one attached hydrogen (secondary N) is 1. The highest BCUT2D eigenvalue weighted by atomic mass is 32.1. The average molecular weight is 329 g/mol. The zero-order chi connectivity index (χ0) is 16.4. The molecule has 1 amide bonds. The Balaban J connectivity index is 1.71. The first-order chi connectivity index (χ1) is 11.0. The number of rotatable bonds is 5. The van der Waals surface area contributed by atoms with E-state index in [4.69, 9.17) is 4.74 Å². The van der Waals surface area contributed by atoms with Crippen molar-refractivity contribution < 1.29 is 14.3 Å². The van der Waals surface area contributed by atoms with E-state index in [1.54, 1.807) is 6.92 Å². The third kappa shape index (κ3) is 3.79. The van der Waals surface area contributed by atoms with Gasteiger partial charge >= 0.3 is 5.97 Å². The molecule has 1 aliphatic rings. The Bertz CT molecular complexity index is 716. The van der Waals surface area contributed by atoms with Crippen molar-refractivity contribution in [2.75, 3.05) is 0 Å². The summed E-state index contributed by atoms with van der Waals surface area (Å²) in [5.74, 6) is -0.677. The van der Waals surface area contributed by atoms with Crippen molar-refractivity contribution in [3.8, 4) is 11.1 Å². The van der Waals surface area contributed by atoms with E-state index < -0.39 is 12.1 Å². The summed E-state index contributed by atoms with van der Waals surface area (Å²) >= 11 is 1.33. The summed E-state index contributed by atoms with van der Waals surface area (Å²) in [5, 5.41) is 4.71. The van der Waals surface area contributed by atoms with Crippen LogP contribution in [0, 0.1) is 6.92 Å². The van der Waals surface area contributed by atoms with Crippen LogP contribution in [0.5, 0.6) is 0 Å². The van der Waals surface area contributed by atoms with Crippen LogP contribution >= 0.6 is 11.3 Å². The Hall–Kier alpha value is -2.14. The molecule has 0 unspecified atom stereocenters. The van der Waals surface area contributed by atoms with Crippen LogP contribution in [0.3, 0.4) is 0 Å². The van der Waals surface area contributed by atoms with Crippen molar-refractivity contribution in [3.63, 3.8) is 0 Å². The first-order valence-corrected chi connectivity index (χ1v) is 8.58. The summed E-state index contributed by atoms with van der Waals surface area (Å²) in [7, 11) is 0. The second-order valence-corrected chi connectivity index (χ2v) is 6.78. The van der Waals surface area contributed by atoms with Gasteiger partial charge in [0.05, 0.1) is 0 Å². The van der Waals surface area contributed by atoms with Crippen LogP contribution in [0.2, 0.25) is 0 Å². The van der Waals surface area contributed by atoms with E-state index in [9.17, 15) is 9.59 Å². The first kappa shape index (κ1) is 15.7. The number of amides is 1. The highest BCUT2D eigenvalue weighted by molar-refractivity contribution is 7.12. The Morgan fingerprint density at radius 2 is 1.91 bits per heavy atom. The average Bonchev–Trinajstić information content (AvgIpc) is 3.20. The molecule has 4 nitrogen and oxygen atoms in total. The van der Waals surface area contributed by atoms with Crippen LogP contribution < -0.4 is 5.32 Å². The quantitative estimate of drug-likeness (QED) is 0.854. The summed E-state index contributed by atoms with van der Waals surface area (Å²) in [5.41, 5.74) is 2.98. The van der Waals surface area contributed by atoms with Crippen molar-refractivity contribution in [2.45, 2.75) is 38.8 Å². The molecule has 1 saturated carbocycles. The molecule has 3 rings (SSSR count). The fourth-order valence-corrected chi connectivity index (χ4v) is 3.04. The number of benzene rings is 1. The highest BCUT2D eigenvalue weighted by Gasteiger charge is 2.28. The Morgan fingerprint density at radius 3 is 2.57 bits per heavy atom. The molecule has 0 saturated heterocycles. The van der Waals surface area contributed by atoms with E-state index in [1.165, 1.54) is 16.9 Å². The number of ether oxygens (including phenoxy) is 1. The smallest absolute Gasteiger partial charge is 0.349 e. The minimum absolute atomic E-state index is 0.228. The van der Waals surface area contributed by atoms with Gasteiger partial charge in [-0.05, 0) is 43.7 Å². The van der Waals surface area contributed by atoms with Gasteiger partial charge in [-0.1, -0.05) is 29.8 Å². The SMILES string of the molecule is Cc1ccc(-c2ccsc2C(=O)O[C@@H](C)C(=O)NC2CC2)cc1. The molecule has 0 bridgehead atoms. The molecule has 5 heteroatoms. The Labute approximate surface area is 139 Å². The van der Waals surface area contributed by atoms with Gasteiger partial charge in [0.25, 0.3) is 5.91 Å². The van der Waals surface area contributed by atoms with Crippen molar-refractivity contribution in [1.82, 2.24) is 5.32 Å². The standard InChI is InChI=1S/C18H19NO3S/c1-11-3-5-13(6-4-11)15-9-10-23-16(15)18(21)22-12(2)17(20)19-14-7-8-14/h3-6,9-10,12,14H,7-8H2,1-2H3,(H,19,20)/t12-/m0/s1. The number of aryl methyl sites for hydroxylation is 1. The lowest BCUT2D eigenvalue weighted by atomic mass is 10.1. The lowest BCUT2D eigenvalue weighted by Gasteiger charge is -2.13. The molecule has 0 spiro atoms. The molecule has 1 atom stereocenters. The number of esters is 1. The van der Waals surface area contributed by atoms with Crippen LogP contribution in [0.4, 0.5) is 0 Å². The zero-order valence-corrected chi connectivity index (χ0v) is 14.0. The molecule has 1 fully saturated rings. The normalized spacial score (nSPS) is 15.0. The molecule has 2 aromatic rings. The minimum atomic E-state index is -0.781. The van der Waals surface area contributed by atoms with E-state index in [0.717, 1.165) is 24.0 Å². The molecule has 120 valence electrons. The number of thiophene rings is 1. The van der Waals surface area contributed by atoms with Gasteiger partial charge in [0.1, 0.15) is 4.88 Å². The summed E-state index contributed by atoms with van der Waals surface area (Å²) in [6.07, 6.45) is 1.24. The van der Waals surface area contributed by atoms with Gasteiger partial charge < -0.3 is 10.1 Å². The minimum Gasteiger partial charge on any atom is -0.448 e. The van der Waals surface area contributed by atoms with E-state index >= 15 is 0 Å². The monoisotopic (exact) mass is 329 g/mol. The van der Waals surface area contributed by atoms with Crippen molar-refractivity contribution >= 4 is 23.2 Å². The lowest BCUT2D eigenvalue weighted by Crippen LogP contribution is -2.37. The molecular formula is C18H19NO3S. The van der Waals surface area contributed by atoms with Gasteiger partial charge in [0.2, 0.25) is 0 Å². The summed E-state index contributed by atoms with van der Waals surface area (Å²) in [6, 6.07) is 10.1. The third-order valence-corrected chi connectivity index (χ3v) is 4.68.